The zero-order chi connectivity index (χ0) is 25.1. The minimum Gasteiger partial charge on any atom is -0.458 e. The molecule has 0 heterocycles. The van der Waals surface area contributed by atoms with Crippen molar-refractivity contribution in [2.45, 2.75) is 62.9 Å². The Morgan fingerprint density at radius 1 is 1.06 bits per heavy atom. The number of ether oxygens (including phenoxy) is 3. The Morgan fingerprint density at radius 2 is 1.55 bits per heavy atom. The van der Waals surface area contributed by atoms with Gasteiger partial charge in [0.15, 0.2) is 0 Å². The summed E-state index contributed by atoms with van der Waals surface area (Å²) in [4.78, 5) is 23.6. The van der Waals surface area contributed by atoms with E-state index in [1.54, 1.807) is 0 Å². The molecule has 0 radical (unpaired) electrons. The topological polar surface area (TPSA) is 116 Å². The highest BCUT2D eigenvalue weighted by Gasteiger charge is 2.68. The average molecular weight is 492 g/mol. The van der Waals surface area contributed by atoms with Gasteiger partial charge in [0, 0.05) is 12.0 Å². The summed E-state index contributed by atoms with van der Waals surface area (Å²) in [7, 11) is -6.56. The minimum atomic E-state index is -6.56. The van der Waals surface area contributed by atoms with Crippen LogP contribution in [0.15, 0.2) is 12.2 Å². The summed E-state index contributed by atoms with van der Waals surface area (Å²) in [6, 6.07) is 0. The molecular weight excluding hydrogens is 473 g/mol. The van der Waals surface area contributed by atoms with Crippen molar-refractivity contribution in [1.29, 1.82) is 0 Å². The molecule has 0 aliphatic heterocycles. The SMILES string of the molecule is C=C(C)C(=O)OC(OCCCC(F)(F)C(F)(F)S(=O)(=O)O)(C(=O)OC(C)C)C(F)(F)F. The fraction of sp³-hybridized carbons (Fsp3) is 0.733. The molecule has 0 aliphatic rings. The predicted octanol–water partition coefficient (Wildman–Crippen LogP) is 3.23. The van der Waals surface area contributed by atoms with Crippen LogP contribution in [0.4, 0.5) is 30.7 Å². The molecule has 0 aliphatic carbocycles. The van der Waals surface area contributed by atoms with Crippen LogP contribution in [-0.2, 0) is 33.9 Å². The monoisotopic (exact) mass is 492 g/mol. The first kappa shape index (κ1) is 29.1. The van der Waals surface area contributed by atoms with Gasteiger partial charge in [0.2, 0.25) is 0 Å². The smallest absolute Gasteiger partial charge is 0.458 e. The molecule has 0 bridgehead atoms. The second-order valence-electron chi connectivity index (χ2n) is 6.39. The molecule has 31 heavy (non-hydrogen) atoms. The number of carbonyl (C=O) groups is 2. The Hall–Kier alpha value is -1.94. The lowest BCUT2D eigenvalue weighted by molar-refractivity contribution is -0.356. The zero-order valence-corrected chi connectivity index (χ0v) is 17.1. The maximum Gasteiger partial charge on any atom is 0.468 e. The van der Waals surface area contributed by atoms with Crippen LogP contribution >= 0.6 is 0 Å². The quantitative estimate of drug-likeness (QED) is 0.117. The Balaban J connectivity index is 5.77. The second-order valence-corrected chi connectivity index (χ2v) is 7.85. The molecule has 0 aromatic carbocycles. The highest BCUT2D eigenvalue weighted by Crippen LogP contribution is 2.42. The molecule has 182 valence electrons. The predicted molar refractivity (Wildman–Crippen MR) is 87.5 cm³/mol. The van der Waals surface area contributed by atoms with Crippen LogP contribution in [0.5, 0.6) is 0 Å². The number of esters is 2. The Labute approximate surface area is 172 Å². The van der Waals surface area contributed by atoms with E-state index in [1.807, 2.05) is 0 Å². The summed E-state index contributed by atoms with van der Waals surface area (Å²) >= 11 is 0. The van der Waals surface area contributed by atoms with Crippen molar-refractivity contribution >= 4 is 22.1 Å². The normalized spacial score (nSPS) is 15.4. The molecule has 1 N–H and O–H groups in total. The molecule has 1 atom stereocenters. The minimum absolute atomic E-state index is 0.617. The summed E-state index contributed by atoms with van der Waals surface area (Å²) in [6.07, 6.45) is -10.5. The summed E-state index contributed by atoms with van der Waals surface area (Å²) in [6.45, 7) is 4.62. The Morgan fingerprint density at radius 3 is 1.90 bits per heavy atom. The molecule has 1 unspecified atom stereocenters. The first-order valence-electron chi connectivity index (χ1n) is 8.15. The molecular formula is C15H19F7O8S. The van der Waals surface area contributed by atoms with Crippen molar-refractivity contribution < 1.29 is 67.5 Å². The molecule has 0 saturated heterocycles. The third-order valence-corrected chi connectivity index (χ3v) is 4.21. The van der Waals surface area contributed by atoms with Crippen LogP contribution in [0, 0.1) is 0 Å². The van der Waals surface area contributed by atoms with E-state index in [-0.39, 0.29) is 0 Å². The van der Waals surface area contributed by atoms with Crippen molar-refractivity contribution in [3.05, 3.63) is 12.2 Å². The third kappa shape index (κ3) is 6.77. The number of alkyl halides is 7. The lowest BCUT2D eigenvalue weighted by Crippen LogP contribution is -2.58. The fourth-order valence-electron chi connectivity index (χ4n) is 1.74. The molecule has 16 heteroatoms. The van der Waals surface area contributed by atoms with Gasteiger partial charge >= 0.3 is 45.2 Å². The Kier molecular flexibility index (Phi) is 9.08. The largest absolute Gasteiger partial charge is 0.468 e. The van der Waals surface area contributed by atoms with E-state index >= 15 is 0 Å². The van der Waals surface area contributed by atoms with Crippen molar-refractivity contribution in [2.24, 2.45) is 0 Å². The fourth-order valence-corrected chi connectivity index (χ4v) is 2.22. The molecule has 0 fully saturated rings. The first-order valence-corrected chi connectivity index (χ1v) is 9.59. The summed E-state index contributed by atoms with van der Waals surface area (Å²) in [5.41, 5.74) is -0.617. The van der Waals surface area contributed by atoms with Crippen LogP contribution < -0.4 is 0 Å². The van der Waals surface area contributed by atoms with Crippen LogP contribution in [0.3, 0.4) is 0 Å². The molecule has 0 amide bonds. The summed E-state index contributed by atoms with van der Waals surface area (Å²) in [5, 5.41) is -5.95. The van der Waals surface area contributed by atoms with Gasteiger partial charge in [-0.1, -0.05) is 6.58 Å². The van der Waals surface area contributed by atoms with Gasteiger partial charge in [-0.3, -0.25) is 4.55 Å². The van der Waals surface area contributed by atoms with E-state index in [2.05, 4.69) is 20.8 Å². The van der Waals surface area contributed by atoms with Crippen molar-refractivity contribution in [3.63, 3.8) is 0 Å². The number of hydrogen-bond donors (Lipinski definition) is 1. The maximum atomic E-state index is 13.6. The van der Waals surface area contributed by atoms with Gasteiger partial charge < -0.3 is 14.2 Å². The molecule has 0 spiro atoms. The van der Waals surface area contributed by atoms with Gasteiger partial charge in [0.05, 0.1) is 12.7 Å². The van der Waals surface area contributed by atoms with Gasteiger partial charge in [-0.2, -0.15) is 39.2 Å². The van der Waals surface area contributed by atoms with Crippen LogP contribution in [-0.4, -0.2) is 60.8 Å². The van der Waals surface area contributed by atoms with Gasteiger partial charge in [0.25, 0.3) is 0 Å². The molecule has 8 nitrogen and oxygen atoms in total. The molecule has 0 saturated carbocycles. The van der Waals surface area contributed by atoms with Gasteiger partial charge in [-0.25, -0.2) is 9.59 Å². The molecule has 0 aromatic heterocycles. The highest BCUT2D eigenvalue weighted by molar-refractivity contribution is 7.87. The molecule has 0 aromatic rings. The number of hydrogen-bond acceptors (Lipinski definition) is 7. The lowest BCUT2D eigenvalue weighted by atomic mass is 10.2. The van der Waals surface area contributed by atoms with E-state index in [1.165, 1.54) is 0 Å². The van der Waals surface area contributed by atoms with Crippen molar-refractivity contribution in [3.8, 4) is 0 Å². The van der Waals surface area contributed by atoms with Crippen LogP contribution in [0.25, 0.3) is 0 Å². The summed E-state index contributed by atoms with van der Waals surface area (Å²) in [5.74, 6) is -13.9. The van der Waals surface area contributed by atoms with E-state index < -0.39 is 76.3 Å². The average Bonchev–Trinajstić information content (AvgIpc) is 2.54. The third-order valence-electron chi connectivity index (χ3n) is 3.26. The van der Waals surface area contributed by atoms with Crippen molar-refractivity contribution in [1.82, 2.24) is 0 Å². The van der Waals surface area contributed by atoms with E-state index in [4.69, 9.17) is 4.55 Å². The van der Waals surface area contributed by atoms with E-state index in [0.717, 1.165) is 20.8 Å². The van der Waals surface area contributed by atoms with Gasteiger partial charge in [-0.15, -0.1) is 0 Å². The standard InChI is InChI=1S/C15H19F7O8S/c1-8(2)10(23)30-13(14(18,19)20,11(24)29-9(3)4)28-7-5-6-12(16,17)15(21,22)31(25,26)27/h9H,1,5-7H2,2-4H3,(H,25,26,27). The van der Waals surface area contributed by atoms with Crippen LogP contribution in [0.2, 0.25) is 0 Å². The first-order chi connectivity index (χ1) is 13.6. The molecule has 0 rings (SSSR count). The zero-order valence-electron chi connectivity index (χ0n) is 16.3. The van der Waals surface area contributed by atoms with Crippen LogP contribution in [0.1, 0.15) is 33.6 Å². The number of halogens is 7. The lowest BCUT2D eigenvalue weighted by Gasteiger charge is -2.33. The number of carbonyl (C=O) groups excluding carboxylic acids is 2. The van der Waals surface area contributed by atoms with E-state index in [0.29, 0.717) is 0 Å². The highest BCUT2D eigenvalue weighted by atomic mass is 32.2. The summed E-state index contributed by atoms with van der Waals surface area (Å²) < 4.78 is 136. The number of rotatable bonds is 11. The van der Waals surface area contributed by atoms with Gasteiger partial charge in [0.1, 0.15) is 0 Å². The van der Waals surface area contributed by atoms with Gasteiger partial charge in [-0.05, 0) is 27.2 Å². The van der Waals surface area contributed by atoms with E-state index in [9.17, 15) is 48.7 Å². The maximum absolute atomic E-state index is 13.6. The second kappa shape index (κ2) is 9.68. The Bertz CT molecular complexity index is 792. The van der Waals surface area contributed by atoms with Crippen molar-refractivity contribution in [2.75, 3.05) is 6.61 Å².